The minimum atomic E-state index is -0.534. The molecule has 0 aliphatic carbocycles. The highest BCUT2D eigenvalue weighted by atomic mass is 16.2. The van der Waals surface area contributed by atoms with Crippen LogP contribution in [0.2, 0.25) is 0 Å². The summed E-state index contributed by atoms with van der Waals surface area (Å²) >= 11 is 0. The Morgan fingerprint density at radius 1 is 1.24 bits per heavy atom. The standard InChI is InChI=1S/C19H23N7O3/c1-25-18(22-16(24-25)12-6-9-20-10-7-12)21-15(27)8-11-26-14-5-3-2-4-13(14)17(28)23-19(26)29/h2-5,12,20H,6-11H2,1H3,(H,23,28,29)(H,21,22,24,27). The van der Waals surface area contributed by atoms with Crippen molar-refractivity contribution in [3.63, 3.8) is 0 Å². The van der Waals surface area contributed by atoms with Crippen LogP contribution in [0.15, 0.2) is 33.9 Å². The molecule has 0 bridgehead atoms. The average Bonchev–Trinajstić information content (AvgIpc) is 3.09. The van der Waals surface area contributed by atoms with Crippen LogP contribution in [0.5, 0.6) is 0 Å². The maximum atomic E-state index is 12.4. The van der Waals surface area contributed by atoms with Gasteiger partial charge in [0.1, 0.15) is 0 Å². The van der Waals surface area contributed by atoms with Crippen molar-refractivity contribution in [3.8, 4) is 0 Å². The Hall–Kier alpha value is -3.27. The number of nitrogens with zero attached hydrogens (tertiary/aromatic N) is 4. The van der Waals surface area contributed by atoms with E-state index in [2.05, 4.69) is 25.7 Å². The molecule has 3 heterocycles. The van der Waals surface area contributed by atoms with Crippen LogP contribution < -0.4 is 21.9 Å². The molecule has 1 amide bonds. The van der Waals surface area contributed by atoms with E-state index in [1.807, 2.05) is 0 Å². The van der Waals surface area contributed by atoms with Crippen LogP contribution in [-0.4, -0.2) is 43.3 Å². The van der Waals surface area contributed by atoms with Gasteiger partial charge in [-0.15, -0.1) is 0 Å². The molecule has 0 saturated carbocycles. The lowest BCUT2D eigenvalue weighted by atomic mass is 9.98. The first kappa shape index (κ1) is 19.1. The van der Waals surface area contributed by atoms with Gasteiger partial charge in [-0.2, -0.15) is 10.1 Å². The largest absolute Gasteiger partial charge is 0.328 e. The van der Waals surface area contributed by atoms with Crippen LogP contribution in [0.1, 0.15) is 31.0 Å². The molecular weight excluding hydrogens is 374 g/mol. The van der Waals surface area contributed by atoms with Gasteiger partial charge in [-0.3, -0.25) is 24.5 Å². The van der Waals surface area contributed by atoms with Crippen molar-refractivity contribution in [2.45, 2.75) is 31.7 Å². The summed E-state index contributed by atoms with van der Waals surface area (Å²) in [5.41, 5.74) is -0.468. The Labute approximate surface area is 166 Å². The fourth-order valence-corrected chi connectivity index (χ4v) is 3.63. The van der Waals surface area contributed by atoms with Crippen molar-refractivity contribution >= 4 is 22.8 Å². The first-order valence-corrected chi connectivity index (χ1v) is 9.66. The van der Waals surface area contributed by atoms with Crippen LogP contribution in [-0.2, 0) is 18.4 Å². The van der Waals surface area contributed by atoms with E-state index in [1.54, 1.807) is 36.0 Å². The van der Waals surface area contributed by atoms with Crippen molar-refractivity contribution in [2.24, 2.45) is 7.05 Å². The van der Waals surface area contributed by atoms with Crippen molar-refractivity contribution < 1.29 is 4.79 Å². The smallest absolute Gasteiger partial charge is 0.317 e. The summed E-state index contributed by atoms with van der Waals surface area (Å²) in [6, 6.07) is 6.82. The number of hydrogen-bond acceptors (Lipinski definition) is 6. The lowest BCUT2D eigenvalue weighted by Crippen LogP contribution is -2.31. The lowest BCUT2D eigenvalue weighted by Gasteiger charge is -2.19. The molecule has 0 unspecified atom stereocenters. The molecule has 0 atom stereocenters. The van der Waals surface area contributed by atoms with E-state index in [0.717, 1.165) is 31.8 Å². The summed E-state index contributed by atoms with van der Waals surface area (Å²) in [4.78, 5) is 43.4. The summed E-state index contributed by atoms with van der Waals surface area (Å²) in [7, 11) is 1.74. The van der Waals surface area contributed by atoms with Crippen molar-refractivity contribution in [2.75, 3.05) is 18.4 Å². The highest BCUT2D eigenvalue weighted by molar-refractivity contribution is 5.89. The zero-order valence-electron chi connectivity index (χ0n) is 16.1. The van der Waals surface area contributed by atoms with E-state index in [0.29, 0.717) is 22.8 Å². The quantitative estimate of drug-likeness (QED) is 0.569. The molecule has 0 spiro atoms. The summed E-state index contributed by atoms with van der Waals surface area (Å²) in [5, 5.41) is 10.9. The Bertz CT molecular complexity index is 1150. The number of para-hydroxylation sites is 1. The minimum absolute atomic E-state index is 0.0610. The van der Waals surface area contributed by atoms with Gasteiger partial charge in [0.05, 0.1) is 10.9 Å². The SMILES string of the molecule is Cn1nc(C2CCNCC2)nc1NC(=O)CCn1c(=O)[nH]c(=O)c2ccccc21. The Balaban J connectivity index is 1.46. The van der Waals surface area contributed by atoms with Crippen molar-refractivity contribution in [3.05, 3.63) is 50.9 Å². The second-order valence-corrected chi connectivity index (χ2v) is 7.17. The normalized spacial score (nSPS) is 14.9. The van der Waals surface area contributed by atoms with E-state index in [-0.39, 0.29) is 18.9 Å². The molecule has 2 aromatic heterocycles. The topological polar surface area (TPSA) is 127 Å². The third kappa shape index (κ3) is 3.97. The van der Waals surface area contributed by atoms with Gasteiger partial charge in [0.25, 0.3) is 5.56 Å². The average molecular weight is 397 g/mol. The molecule has 10 nitrogen and oxygen atoms in total. The highest BCUT2D eigenvalue weighted by Crippen LogP contribution is 2.23. The summed E-state index contributed by atoms with van der Waals surface area (Å²) < 4.78 is 2.96. The number of amides is 1. The lowest BCUT2D eigenvalue weighted by molar-refractivity contribution is -0.116. The number of aryl methyl sites for hydroxylation is 2. The predicted molar refractivity (Wildman–Crippen MR) is 108 cm³/mol. The monoisotopic (exact) mass is 397 g/mol. The van der Waals surface area contributed by atoms with Gasteiger partial charge in [0, 0.05) is 25.9 Å². The van der Waals surface area contributed by atoms with Gasteiger partial charge in [0.15, 0.2) is 5.82 Å². The Kier molecular flexibility index (Phi) is 5.26. The molecule has 10 heteroatoms. The first-order valence-electron chi connectivity index (χ1n) is 9.66. The fraction of sp³-hybridized carbons (Fsp3) is 0.421. The molecule has 0 radical (unpaired) electrons. The Morgan fingerprint density at radius 3 is 2.79 bits per heavy atom. The van der Waals surface area contributed by atoms with Crippen molar-refractivity contribution in [1.82, 2.24) is 29.6 Å². The second kappa shape index (κ2) is 8.00. The summed E-state index contributed by atoms with van der Waals surface area (Å²) in [5.74, 6) is 1.15. The Morgan fingerprint density at radius 2 is 2.00 bits per heavy atom. The van der Waals surface area contributed by atoms with Gasteiger partial charge >= 0.3 is 5.69 Å². The number of benzene rings is 1. The van der Waals surface area contributed by atoms with Crippen LogP contribution in [0.3, 0.4) is 0 Å². The third-order valence-electron chi connectivity index (χ3n) is 5.20. The van der Waals surface area contributed by atoms with E-state index in [1.165, 1.54) is 4.57 Å². The zero-order valence-corrected chi connectivity index (χ0v) is 16.1. The number of fused-ring (bicyclic) bond motifs is 1. The van der Waals surface area contributed by atoms with Crippen LogP contribution >= 0.6 is 0 Å². The molecule has 1 aromatic carbocycles. The third-order valence-corrected chi connectivity index (χ3v) is 5.20. The van der Waals surface area contributed by atoms with E-state index < -0.39 is 11.2 Å². The number of hydrogen-bond donors (Lipinski definition) is 3. The van der Waals surface area contributed by atoms with Gasteiger partial charge in [-0.05, 0) is 38.1 Å². The number of piperidine rings is 1. The number of aromatic amines is 1. The van der Waals surface area contributed by atoms with E-state index >= 15 is 0 Å². The number of aromatic nitrogens is 5. The highest BCUT2D eigenvalue weighted by Gasteiger charge is 2.21. The molecule has 4 rings (SSSR count). The molecule has 1 aliphatic rings. The summed E-state index contributed by atoms with van der Waals surface area (Å²) in [6.07, 6.45) is 2.00. The molecule has 3 aromatic rings. The zero-order chi connectivity index (χ0) is 20.4. The molecule has 1 saturated heterocycles. The molecule has 29 heavy (non-hydrogen) atoms. The molecule has 152 valence electrons. The summed E-state index contributed by atoms with van der Waals surface area (Å²) in [6.45, 7) is 2.01. The minimum Gasteiger partial charge on any atom is -0.317 e. The van der Waals surface area contributed by atoms with Gasteiger partial charge < -0.3 is 5.32 Å². The maximum Gasteiger partial charge on any atom is 0.328 e. The fourth-order valence-electron chi connectivity index (χ4n) is 3.63. The number of H-pyrrole nitrogens is 1. The predicted octanol–water partition coefficient (Wildman–Crippen LogP) is 0.314. The number of carbonyl (C=O) groups is 1. The number of nitrogens with one attached hydrogen (secondary N) is 3. The maximum absolute atomic E-state index is 12.4. The van der Waals surface area contributed by atoms with Crippen LogP contribution in [0.4, 0.5) is 5.95 Å². The van der Waals surface area contributed by atoms with Crippen LogP contribution in [0.25, 0.3) is 10.9 Å². The number of carbonyl (C=O) groups excluding carboxylic acids is 1. The number of rotatable bonds is 5. The van der Waals surface area contributed by atoms with E-state index in [9.17, 15) is 14.4 Å². The molecule has 1 fully saturated rings. The molecule has 1 aliphatic heterocycles. The van der Waals surface area contributed by atoms with E-state index in [4.69, 9.17) is 0 Å². The van der Waals surface area contributed by atoms with Gasteiger partial charge in [-0.1, -0.05) is 12.1 Å². The van der Waals surface area contributed by atoms with Crippen molar-refractivity contribution in [1.29, 1.82) is 0 Å². The van der Waals surface area contributed by atoms with Gasteiger partial charge in [-0.25, -0.2) is 9.48 Å². The van der Waals surface area contributed by atoms with Crippen LogP contribution in [0, 0.1) is 0 Å². The molecule has 3 N–H and O–H groups in total. The molecular formula is C19H23N7O3. The number of anilines is 1. The van der Waals surface area contributed by atoms with Gasteiger partial charge in [0.2, 0.25) is 11.9 Å². The second-order valence-electron chi connectivity index (χ2n) is 7.17. The first-order chi connectivity index (χ1) is 14.0.